The van der Waals surface area contributed by atoms with Crippen LogP contribution in [0.15, 0.2) is 0 Å². The van der Waals surface area contributed by atoms with Crippen LogP contribution < -0.4 is 0 Å². The van der Waals surface area contributed by atoms with Gasteiger partial charge in [0.2, 0.25) is 0 Å². The molecule has 0 saturated heterocycles. The molecular formula is H3LiO3SeV. The summed E-state index contributed by atoms with van der Waals surface area (Å²) >= 11 is -3.29. The van der Waals surface area contributed by atoms with Crippen LogP contribution >= 0.6 is 0 Å². The van der Waals surface area contributed by atoms with Gasteiger partial charge in [0, 0.05) is 18.6 Å². The van der Waals surface area contributed by atoms with Gasteiger partial charge in [-0.15, -0.1) is 0 Å². The third-order valence-corrected chi connectivity index (χ3v) is 0. The summed E-state index contributed by atoms with van der Waals surface area (Å²) in [6.45, 7) is 0. The van der Waals surface area contributed by atoms with E-state index in [-0.39, 0.29) is 37.4 Å². The van der Waals surface area contributed by atoms with E-state index in [1.54, 1.807) is 0 Å². The minimum Gasteiger partial charge on any atom is 0 e. The van der Waals surface area contributed by atoms with Crippen molar-refractivity contribution < 1.29 is 30.8 Å². The molecule has 6 heteroatoms. The molecule has 3 nitrogen and oxygen atoms in total. The van der Waals surface area contributed by atoms with Gasteiger partial charge >= 0.3 is 45.6 Å². The molecule has 0 aliphatic carbocycles. The maximum atomic E-state index is 8.76. The van der Waals surface area contributed by atoms with Crippen LogP contribution in [0.2, 0.25) is 0 Å². The van der Waals surface area contributed by atoms with Gasteiger partial charge in [0.15, 0.2) is 0 Å². The van der Waals surface area contributed by atoms with Gasteiger partial charge in [0.05, 0.1) is 0 Å². The first-order valence-corrected chi connectivity index (χ1v) is 2.76. The number of rotatable bonds is 0. The summed E-state index contributed by atoms with van der Waals surface area (Å²) < 4.78 is 23.1. The van der Waals surface area contributed by atoms with E-state index >= 15 is 0 Å². The Bertz CT molecular complexity index is 33.8. The van der Waals surface area contributed by atoms with E-state index in [0.717, 1.165) is 0 Å². The van der Waals surface area contributed by atoms with Crippen LogP contribution in [0.1, 0.15) is 0 Å². The van der Waals surface area contributed by atoms with Crippen LogP contribution in [0.4, 0.5) is 0 Å². The van der Waals surface area contributed by atoms with Crippen LogP contribution in [-0.2, 0) is 22.4 Å². The van der Waals surface area contributed by atoms with Crippen molar-refractivity contribution in [2.75, 3.05) is 0 Å². The van der Waals surface area contributed by atoms with Crippen molar-refractivity contribution in [3.8, 4) is 0 Å². The Morgan fingerprint density at radius 2 is 1.33 bits per heavy atom. The van der Waals surface area contributed by atoms with Crippen LogP contribution in [0.3, 0.4) is 0 Å². The summed E-state index contributed by atoms with van der Waals surface area (Å²) in [5.41, 5.74) is 0. The molecule has 0 atom stereocenters. The largest absolute Gasteiger partial charge is 0 e. The summed E-state index contributed by atoms with van der Waals surface area (Å²) in [5.74, 6) is 0. The van der Waals surface area contributed by atoms with Gasteiger partial charge in [-0.05, 0) is 0 Å². The summed E-state index contributed by atoms with van der Waals surface area (Å²) in [7, 11) is 0. The van der Waals surface area contributed by atoms with Crippen molar-refractivity contribution in [2.24, 2.45) is 0 Å². The molecule has 0 heterocycles. The quantitative estimate of drug-likeness (QED) is 0.421. The van der Waals surface area contributed by atoms with E-state index in [9.17, 15) is 0 Å². The normalized spacial score (nSPS) is 5.83. The Kier molecular flexibility index (Phi) is 25.2. The molecule has 0 aliphatic rings. The van der Waals surface area contributed by atoms with Crippen LogP contribution in [0, 0.1) is 0 Å². The fourth-order valence-electron chi connectivity index (χ4n) is 0. The molecule has 33 valence electrons. The SMILES string of the molecule is O=[Se](O)O.[LiH].[V]. The summed E-state index contributed by atoms with van der Waals surface area (Å²) in [6, 6.07) is 0. The van der Waals surface area contributed by atoms with Gasteiger partial charge in [-0.25, -0.2) is 0 Å². The Morgan fingerprint density at radius 1 is 1.33 bits per heavy atom. The molecule has 0 saturated carbocycles. The number of hydrogen-bond acceptors (Lipinski definition) is 1. The van der Waals surface area contributed by atoms with Gasteiger partial charge in [-0.1, -0.05) is 0 Å². The van der Waals surface area contributed by atoms with E-state index in [1.165, 1.54) is 0 Å². The maximum absolute atomic E-state index is 8.76. The molecule has 6 heavy (non-hydrogen) atoms. The Labute approximate surface area is 63.9 Å². The molecule has 0 bridgehead atoms. The first kappa shape index (κ1) is 15.7. The van der Waals surface area contributed by atoms with Gasteiger partial charge in [0.25, 0.3) is 0 Å². The van der Waals surface area contributed by atoms with Crippen LogP contribution in [0.25, 0.3) is 0 Å². The minimum atomic E-state index is -3.29. The molecule has 0 spiro atoms. The first-order valence-electron chi connectivity index (χ1n) is 0.532. The van der Waals surface area contributed by atoms with E-state index in [1.807, 2.05) is 0 Å². The smallest absolute Gasteiger partial charge is 0 e. The Morgan fingerprint density at radius 3 is 1.33 bits per heavy atom. The molecule has 0 aromatic heterocycles. The third-order valence-electron chi connectivity index (χ3n) is 0. The predicted molar refractivity (Wildman–Crippen MR) is 18.0 cm³/mol. The Hall–Kier alpha value is 1.42. The summed E-state index contributed by atoms with van der Waals surface area (Å²) in [6.07, 6.45) is 0. The third kappa shape index (κ3) is 52.5. The molecule has 0 aliphatic heterocycles. The zero-order valence-electron chi connectivity index (χ0n) is 2.16. The van der Waals surface area contributed by atoms with Crippen molar-refractivity contribution in [2.45, 2.75) is 0 Å². The maximum Gasteiger partial charge on any atom is 0 e. The average Bonchev–Trinajstić information content (AvgIpc) is 0.811. The van der Waals surface area contributed by atoms with Crippen molar-refractivity contribution in [1.82, 2.24) is 0 Å². The van der Waals surface area contributed by atoms with Gasteiger partial charge in [-0.2, -0.15) is 0 Å². The Balaban J connectivity index is -0.0000000450. The van der Waals surface area contributed by atoms with Gasteiger partial charge in [-0.3, -0.25) is 0 Å². The predicted octanol–water partition coefficient (Wildman–Crippen LogP) is -2.26. The second-order valence-corrected chi connectivity index (χ2v) is 1.20. The zero-order valence-corrected chi connectivity index (χ0v) is 5.27. The fraction of sp³-hybridized carbons (Fsp3) is 0. The molecule has 0 aromatic carbocycles. The topological polar surface area (TPSA) is 57.5 Å². The average molecular weight is 188 g/mol. The van der Waals surface area contributed by atoms with Crippen molar-refractivity contribution >= 4 is 33.4 Å². The molecule has 2 N–H and O–H groups in total. The van der Waals surface area contributed by atoms with Gasteiger partial charge in [0.1, 0.15) is 0 Å². The van der Waals surface area contributed by atoms with Crippen molar-refractivity contribution in [3.63, 3.8) is 0 Å². The summed E-state index contributed by atoms with van der Waals surface area (Å²) in [4.78, 5) is 0. The fourth-order valence-corrected chi connectivity index (χ4v) is 0. The second kappa shape index (κ2) is 9.65. The molecule has 0 fully saturated rings. The molecule has 1 radical (unpaired) electrons. The monoisotopic (exact) mass is 189 g/mol. The van der Waals surface area contributed by atoms with Crippen molar-refractivity contribution in [3.05, 3.63) is 0 Å². The van der Waals surface area contributed by atoms with E-state index < -0.39 is 14.5 Å². The van der Waals surface area contributed by atoms with E-state index in [4.69, 9.17) is 12.2 Å². The molecule has 0 rings (SSSR count). The first-order chi connectivity index (χ1) is 1.73. The van der Waals surface area contributed by atoms with Gasteiger partial charge < -0.3 is 0 Å². The zero-order chi connectivity index (χ0) is 3.58. The molecular weight excluding hydrogens is 185 g/mol. The molecule has 0 amide bonds. The van der Waals surface area contributed by atoms with E-state index in [0.29, 0.717) is 0 Å². The summed E-state index contributed by atoms with van der Waals surface area (Å²) in [5, 5.41) is 0. The molecule has 0 unspecified atom stereocenters. The number of hydrogen-bond donors (Lipinski definition) is 2. The van der Waals surface area contributed by atoms with Crippen LogP contribution in [-0.4, -0.2) is 41.7 Å². The standard InChI is InChI=1S/Li.H2O3Se.V.H/c;1-4(2)3;;/h;(H2,1,2,3);;. The minimum absolute atomic E-state index is 0. The van der Waals surface area contributed by atoms with E-state index in [2.05, 4.69) is 0 Å². The molecule has 0 aromatic rings. The second-order valence-electron chi connectivity index (χ2n) is 0.231. The van der Waals surface area contributed by atoms with Crippen LogP contribution in [0.5, 0.6) is 0 Å². The van der Waals surface area contributed by atoms with Crippen molar-refractivity contribution in [1.29, 1.82) is 0 Å².